The molecule has 0 aliphatic carbocycles. The third kappa shape index (κ3) is 3.90. The van der Waals surface area contributed by atoms with E-state index in [1.165, 1.54) is 0 Å². The number of rotatable bonds is 3. The molecule has 2 rings (SSSR count). The van der Waals surface area contributed by atoms with Crippen LogP contribution in [0.1, 0.15) is 33.5 Å². The lowest BCUT2D eigenvalue weighted by Gasteiger charge is -2.31. The zero-order valence-corrected chi connectivity index (χ0v) is 13.3. The average molecular weight is 299 g/mol. The van der Waals surface area contributed by atoms with Gasteiger partial charge in [-0.3, -0.25) is 4.79 Å². The highest BCUT2D eigenvalue weighted by Crippen LogP contribution is 2.20. The fourth-order valence-corrected chi connectivity index (χ4v) is 1.91. The first-order valence-corrected chi connectivity index (χ1v) is 6.72. The highest BCUT2D eigenvalue weighted by atomic mass is 35.5. The molecule has 112 valence electrons. The largest absolute Gasteiger partial charge is 0.323 e. The van der Waals surface area contributed by atoms with E-state index in [0.29, 0.717) is 11.6 Å². The molecule has 1 fully saturated rings. The van der Waals surface area contributed by atoms with Crippen molar-refractivity contribution in [2.45, 2.75) is 33.1 Å². The van der Waals surface area contributed by atoms with E-state index in [2.05, 4.69) is 41.4 Å². The van der Waals surface area contributed by atoms with Crippen molar-refractivity contribution in [3.63, 3.8) is 0 Å². The molecule has 0 radical (unpaired) electrons. The lowest BCUT2D eigenvalue weighted by Crippen LogP contribution is -2.48. The van der Waals surface area contributed by atoms with Gasteiger partial charge in [0, 0.05) is 11.3 Å². The normalized spacial score (nSPS) is 16.8. The first-order valence-electron chi connectivity index (χ1n) is 6.72. The smallest absolute Gasteiger partial charge is 0.227 e. The summed E-state index contributed by atoms with van der Waals surface area (Å²) in [6.45, 7) is 10.00. The van der Waals surface area contributed by atoms with Gasteiger partial charge in [0.25, 0.3) is 0 Å². The third-order valence-electron chi connectivity index (χ3n) is 3.52. The molecule has 1 saturated heterocycles. The molecule has 20 heavy (non-hydrogen) atoms. The summed E-state index contributed by atoms with van der Waals surface area (Å²) in [5.74, 6) is 1.28. The van der Waals surface area contributed by atoms with Gasteiger partial charge in [0.15, 0.2) is 0 Å². The summed E-state index contributed by atoms with van der Waals surface area (Å²) in [7, 11) is 0. The fourth-order valence-electron chi connectivity index (χ4n) is 1.91. The van der Waals surface area contributed by atoms with Crippen molar-refractivity contribution in [3.8, 4) is 0 Å². The molecule has 2 N–H and O–H groups in total. The second kappa shape index (κ2) is 6.50. The van der Waals surface area contributed by atoms with Gasteiger partial charge in [-0.15, -0.1) is 12.4 Å². The summed E-state index contributed by atoms with van der Waals surface area (Å²) in [5.41, 5.74) is 0.588. The van der Waals surface area contributed by atoms with Crippen LogP contribution >= 0.6 is 12.4 Å². The number of nitrogens with zero attached hydrogens (tertiary/aromatic N) is 2. The molecular formula is C14H23ClN4O. The summed E-state index contributed by atoms with van der Waals surface area (Å²) in [6.07, 6.45) is 3.36. The second-order valence-corrected chi connectivity index (χ2v) is 6.24. The highest BCUT2D eigenvalue weighted by molar-refractivity contribution is 5.92. The molecule has 6 heteroatoms. The van der Waals surface area contributed by atoms with Crippen LogP contribution in [-0.4, -0.2) is 29.0 Å². The predicted octanol–water partition coefficient (Wildman–Crippen LogP) is 1.99. The molecule has 0 aromatic carbocycles. The Balaban J connectivity index is 0.00000200. The molecule has 1 aliphatic rings. The molecule has 0 spiro atoms. The van der Waals surface area contributed by atoms with Crippen LogP contribution in [-0.2, 0) is 10.2 Å². The molecule has 1 atom stereocenters. The van der Waals surface area contributed by atoms with E-state index < -0.39 is 0 Å². The van der Waals surface area contributed by atoms with Crippen LogP contribution < -0.4 is 10.6 Å². The topological polar surface area (TPSA) is 66.9 Å². The molecule has 1 unspecified atom stereocenters. The van der Waals surface area contributed by atoms with Gasteiger partial charge < -0.3 is 10.6 Å². The molecule has 1 amide bonds. The van der Waals surface area contributed by atoms with Crippen LogP contribution in [0, 0.1) is 11.8 Å². The maximum atomic E-state index is 12.0. The van der Waals surface area contributed by atoms with Crippen LogP contribution in [0.15, 0.2) is 12.4 Å². The standard InChI is InChI=1S/C14H22N4O.ClH/c1-9(10-5-15-6-10)12(19)18-11-7-16-13(17-8-11)14(2,3)4;/h7-10,15H,5-6H2,1-4H3,(H,18,19);1H. The first-order chi connectivity index (χ1) is 8.88. The van der Waals surface area contributed by atoms with Crippen molar-refractivity contribution < 1.29 is 4.79 Å². The third-order valence-corrected chi connectivity index (χ3v) is 3.52. The van der Waals surface area contributed by atoms with Crippen molar-refractivity contribution in [1.29, 1.82) is 0 Å². The summed E-state index contributed by atoms with van der Waals surface area (Å²) in [4.78, 5) is 20.6. The number of amides is 1. The van der Waals surface area contributed by atoms with Gasteiger partial charge in [0.1, 0.15) is 5.82 Å². The van der Waals surface area contributed by atoms with E-state index in [0.717, 1.165) is 18.9 Å². The highest BCUT2D eigenvalue weighted by Gasteiger charge is 2.28. The lowest BCUT2D eigenvalue weighted by molar-refractivity contribution is -0.121. The lowest BCUT2D eigenvalue weighted by atomic mass is 9.88. The molecule has 2 heterocycles. The SMILES string of the molecule is CC(C(=O)Nc1cnc(C(C)(C)C)nc1)C1CNC1.Cl. The van der Waals surface area contributed by atoms with E-state index >= 15 is 0 Å². The van der Waals surface area contributed by atoms with Crippen LogP contribution in [0.4, 0.5) is 5.69 Å². The minimum atomic E-state index is -0.0760. The Labute approximate surface area is 126 Å². The molecule has 5 nitrogen and oxygen atoms in total. The maximum Gasteiger partial charge on any atom is 0.227 e. The summed E-state index contributed by atoms with van der Waals surface area (Å²) in [6, 6.07) is 0. The molecule has 1 aromatic heterocycles. The van der Waals surface area contributed by atoms with E-state index in [1.54, 1.807) is 12.4 Å². The first kappa shape index (κ1) is 16.9. The molecule has 0 saturated carbocycles. The number of hydrogen-bond donors (Lipinski definition) is 2. The van der Waals surface area contributed by atoms with Crippen LogP contribution in [0.3, 0.4) is 0 Å². The van der Waals surface area contributed by atoms with Gasteiger partial charge in [-0.25, -0.2) is 9.97 Å². The van der Waals surface area contributed by atoms with Gasteiger partial charge in [-0.1, -0.05) is 27.7 Å². The van der Waals surface area contributed by atoms with E-state index in [-0.39, 0.29) is 29.6 Å². The molecular weight excluding hydrogens is 276 g/mol. The summed E-state index contributed by atoms with van der Waals surface area (Å²) in [5, 5.41) is 6.06. The predicted molar refractivity (Wildman–Crippen MR) is 82.1 cm³/mol. The number of hydrogen-bond acceptors (Lipinski definition) is 4. The Kier molecular flexibility index (Phi) is 5.48. The Bertz CT molecular complexity index is 451. The Morgan fingerprint density at radius 1 is 1.35 bits per heavy atom. The quantitative estimate of drug-likeness (QED) is 0.895. The number of aromatic nitrogens is 2. The van der Waals surface area contributed by atoms with Crippen molar-refractivity contribution in [3.05, 3.63) is 18.2 Å². The van der Waals surface area contributed by atoms with Crippen molar-refractivity contribution in [1.82, 2.24) is 15.3 Å². The number of halogens is 1. The second-order valence-electron chi connectivity index (χ2n) is 6.24. The van der Waals surface area contributed by atoms with Crippen LogP contribution in [0.25, 0.3) is 0 Å². The van der Waals surface area contributed by atoms with E-state index in [1.807, 2.05) is 6.92 Å². The average Bonchev–Trinajstić information content (AvgIpc) is 2.26. The Hall–Kier alpha value is -1.20. The molecule has 1 aliphatic heterocycles. The zero-order chi connectivity index (χ0) is 14.0. The number of carbonyl (C=O) groups excluding carboxylic acids is 1. The van der Waals surface area contributed by atoms with Gasteiger partial charge in [0.05, 0.1) is 18.1 Å². The number of nitrogens with one attached hydrogen (secondary N) is 2. The number of carbonyl (C=O) groups is 1. The summed E-state index contributed by atoms with van der Waals surface area (Å²) < 4.78 is 0. The Morgan fingerprint density at radius 3 is 2.30 bits per heavy atom. The van der Waals surface area contributed by atoms with Crippen molar-refractivity contribution >= 4 is 24.0 Å². The van der Waals surface area contributed by atoms with Crippen molar-refractivity contribution in [2.75, 3.05) is 18.4 Å². The molecule has 1 aromatic rings. The maximum absolute atomic E-state index is 12.0. The molecule has 0 bridgehead atoms. The van der Waals surface area contributed by atoms with Gasteiger partial charge in [-0.05, 0) is 19.0 Å². The van der Waals surface area contributed by atoms with Crippen LogP contribution in [0.2, 0.25) is 0 Å². The monoisotopic (exact) mass is 298 g/mol. The fraction of sp³-hybridized carbons (Fsp3) is 0.643. The van der Waals surface area contributed by atoms with E-state index in [9.17, 15) is 4.79 Å². The van der Waals surface area contributed by atoms with Crippen LogP contribution in [0.5, 0.6) is 0 Å². The van der Waals surface area contributed by atoms with Gasteiger partial charge >= 0.3 is 0 Å². The van der Waals surface area contributed by atoms with Gasteiger partial charge in [0.2, 0.25) is 5.91 Å². The number of anilines is 1. The van der Waals surface area contributed by atoms with Gasteiger partial charge in [-0.2, -0.15) is 0 Å². The zero-order valence-electron chi connectivity index (χ0n) is 12.4. The minimum absolute atomic E-state index is 0. The summed E-state index contributed by atoms with van der Waals surface area (Å²) >= 11 is 0. The van der Waals surface area contributed by atoms with E-state index in [4.69, 9.17) is 0 Å². The Morgan fingerprint density at radius 2 is 1.90 bits per heavy atom. The minimum Gasteiger partial charge on any atom is -0.323 e. The van der Waals surface area contributed by atoms with Crippen molar-refractivity contribution in [2.24, 2.45) is 11.8 Å².